The summed E-state index contributed by atoms with van der Waals surface area (Å²) in [6, 6.07) is 9.13. The molecule has 1 fully saturated rings. The van der Waals surface area contributed by atoms with Crippen molar-refractivity contribution in [1.29, 1.82) is 0 Å². The molecule has 100 valence electrons. The van der Waals surface area contributed by atoms with E-state index in [2.05, 4.69) is 35.5 Å². The van der Waals surface area contributed by atoms with Gasteiger partial charge in [0.15, 0.2) is 0 Å². The molecule has 0 saturated heterocycles. The maximum atomic E-state index is 5.24. The van der Waals surface area contributed by atoms with Gasteiger partial charge in [-0.15, -0.1) is 0 Å². The fourth-order valence-corrected chi connectivity index (χ4v) is 2.10. The Morgan fingerprint density at radius 3 is 2.94 bits per heavy atom. The Balaban J connectivity index is 1.66. The van der Waals surface area contributed by atoms with Crippen LogP contribution in [0.4, 0.5) is 0 Å². The number of rotatable bonds is 8. The molecule has 0 atom stereocenters. The minimum atomic E-state index is 0.827. The predicted octanol–water partition coefficient (Wildman–Crippen LogP) is 2.27. The zero-order valence-corrected chi connectivity index (χ0v) is 11.5. The van der Waals surface area contributed by atoms with Gasteiger partial charge in [0.05, 0.1) is 7.11 Å². The summed E-state index contributed by atoms with van der Waals surface area (Å²) in [5.74, 6) is 0.941. The SMILES string of the molecule is COc1cccc(CN(C)CCCNC2CC2)c1. The average Bonchev–Trinajstić information content (AvgIpc) is 3.19. The van der Waals surface area contributed by atoms with E-state index in [9.17, 15) is 0 Å². The van der Waals surface area contributed by atoms with Crippen molar-refractivity contribution in [3.63, 3.8) is 0 Å². The highest BCUT2D eigenvalue weighted by Gasteiger charge is 2.19. The lowest BCUT2D eigenvalue weighted by Gasteiger charge is -2.17. The first kappa shape index (κ1) is 13.4. The molecule has 0 bridgehead atoms. The summed E-state index contributed by atoms with van der Waals surface area (Å²) in [6.07, 6.45) is 3.97. The van der Waals surface area contributed by atoms with Crippen LogP contribution in [0.2, 0.25) is 0 Å². The largest absolute Gasteiger partial charge is 0.497 e. The number of hydrogen-bond donors (Lipinski definition) is 1. The molecular weight excluding hydrogens is 224 g/mol. The smallest absolute Gasteiger partial charge is 0.119 e. The summed E-state index contributed by atoms with van der Waals surface area (Å²) in [5.41, 5.74) is 1.31. The number of nitrogens with zero attached hydrogens (tertiary/aromatic N) is 1. The van der Waals surface area contributed by atoms with Crippen LogP contribution >= 0.6 is 0 Å². The van der Waals surface area contributed by atoms with Gasteiger partial charge in [0.2, 0.25) is 0 Å². The second-order valence-electron chi connectivity index (χ2n) is 5.17. The first-order valence-corrected chi connectivity index (χ1v) is 6.83. The molecule has 1 N–H and O–H groups in total. The summed E-state index contributed by atoms with van der Waals surface area (Å²) in [6.45, 7) is 3.27. The highest BCUT2D eigenvalue weighted by Crippen LogP contribution is 2.18. The molecule has 0 aromatic heterocycles. The van der Waals surface area contributed by atoms with Crippen LogP contribution in [0, 0.1) is 0 Å². The molecule has 1 aromatic carbocycles. The van der Waals surface area contributed by atoms with Gasteiger partial charge in [-0.2, -0.15) is 0 Å². The van der Waals surface area contributed by atoms with Gasteiger partial charge >= 0.3 is 0 Å². The second kappa shape index (κ2) is 6.76. The molecule has 18 heavy (non-hydrogen) atoms. The van der Waals surface area contributed by atoms with E-state index in [0.29, 0.717) is 0 Å². The Kier molecular flexibility index (Phi) is 5.02. The topological polar surface area (TPSA) is 24.5 Å². The van der Waals surface area contributed by atoms with Gasteiger partial charge in [-0.05, 0) is 57.1 Å². The normalized spacial score (nSPS) is 15.1. The van der Waals surface area contributed by atoms with Crippen molar-refractivity contribution in [3.05, 3.63) is 29.8 Å². The third-order valence-electron chi connectivity index (χ3n) is 3.31. The molecule has 3 heteroatoms. The lowest BCUT2D eigenvalue weighted by Crippen LogP contribution is -2.24. The van der Waals surface area contributed by atoms with Crippen LogP contribution < -0.4 is 10.1 Å². The van der Waals surface area contributed by atoms with Crippen molar-refractivity contribution in [2.75, 3.05) is 27.2 Å². The zero-order valence-electron chi connectivity index (χ0n) is 11.5. The molecule has 0 aliphatic heterocycles. The molecule has 1 saturated carbocycles. The molecule has 0 radical (unpaired) electrons. The van der Waals surface area contributed by atoms with Gasteiger partial charge < -0.3 is 15.0 Å². The molecule has 1 aliphatic rings. The Labute approximate surface area is 110 Å². The van der Waals surface area contributed by atoms with Crippen molar-refractivity contribution in [3.8, 4) is 5.75 Å². The summed E-state index contributed by atoms with van der Waals surface area (Å²) in [4.78, 5) is 2.36. The van der Waals surface area contributed by atoms with Crippen molar-refractivity contribution in [1.82, 2.24) is 10.2 Å². The maximum Gasteiger partial charge on any atom is 0.119 e. The van der Waals surface area contributed by atoms with Gasteiger partial charge in [-0.3, -0.25) is 0 Å². The van der Waals surface area contributed by atoms with Crippen LogP contribution in [-0.2, 0) is 6.54 Å². The van der Waals surface area contributed by atoms with Crippen LogP contribution in [0.5, 0.6) is 5.75 Å². The van der Waals surface area contributed by atoms with E-state index in [-0.39, 0.29) is 0 Å². The van der Waals surface area contributed by atoms with Crippen LogP contribution in [0.25, 0.3) is 0 Å². The Morgan fingerprint density at radius 1 is 1.39 bits per heavy atom. The fourth-order valence-electron chi connectivity index (χ4n) is 2.10. The summed E-state index contributed by atoms with van der Waals surface area (Å²) < 4.78 is 5.24. The standard InChI is InChI=1S/C15H24N2O/c1-17(10-4-9-16-14-7-8-14)12-13-5-3-6-15(11-13)18-2/h3,5-6,11,14,16H,4,7-10,12H2,1-2H3. The van der Waals surface area contributed by atoms with Crippen molar-refractivity contribution in [2.24, 2.45) is 0 Å². The average molecular weight is 248 g/mol. The van der Waals surface area contributed by atoms with E-state index < -0.39 is 0 Å². The summed E-state index contributed by atoms with van der Waals surface area (Å²) in [5, 5.41) is 3.55. The van der Waals surface area contributed by atoms with Crippen LogP contribution in [0.15, 0.2) is 24.3 Å². The van der Waals surface area contributed by atoms with Crippen LogP contribution in [-0.4, -0.2) is 38.2 Å². The van der Waals surface area contributed by atoms with E-state index in [0.717, 1.165) is 31.4 Å². The quantitative estimate of drug-likeness (QED) is 0.714. The first-order valence-electron chi connectivity index (χ1n) is 6.83. The molecule has 0 unspecified atom stereocenters. The highest BCUT2D eigenvalue weighted by atomic mass is 16.5. The maximum absolute atomic E-state index is 5.24. The third-order valence-corrected chi connectivity index (χ3v) is 3.31. The van der Waals surface area contributed by atoms with Gasteiger partial charge in [-0.25, -0.2) is 0 Å². The molecule has 0 heterocycles. The summed E-state index contributed by atoms with van der Waals surface area (Å²) in [7, 11) is 3.89. The zero-order chi connectivity index (χ0) is 12.8. The molecule has 0 spiro atoms. The van der Waals surface area contributed by atoms with E-state index in [1.807, 2.05) is 6.07 Å². The fraction of sp³-hybridized carbons (Fsp3) is 0.600. The van der Waals surface area contributed by atoms with E-state index in [1.165, 1.54) is 24.8 Å². The Hall–Kier alpha value is -1.06. The predicted molar refractivity (Wildman–Crippen MR) is 75.0 cm³/mol. The van der Waals surface area contributed by atoms with E-state index in [1.54, 1.807) is 7.11 Å². The summed E-state index contributed by atoms with van der Waals surface area (Å²) >= 11 is 0. The molecule has 1 aliphatic carbocycles. The number of hydrogen-bond acceptors (Lipinski definition) is 3. The van der Waals surface area contributed by atoms with Crippen molar-refractivity contribution < 1.29 is 4.74 Å². The second-order valence-corrected chi connectivity index (χ2v) is 5.17. The highest BCUT2D eigenvalue weighted by molar-refractivity contribution is 5.28. The van der Waals surface area contributed by atoms with Crippen molar-refractivity contribution >= 4 is 0 Å². The van der Waals surface area contributed by atoms with Gasteiger partial charge in [-0.1, -0.05) is 12.1 Å². The number of methoxy groups -OCH3 is 1. The molecule has 0 amide bonds. The van der Waals surface area contributed by atoms with Gasteiger partial charge in [0.25, 0.3) is 0 Å². The minimum Gasteiger partial charge on any atom is -0.497 e. The number of nitrogens with one attached hydrogen (secondary N) is 1. The lowest BCUT2D eigenvalue weighted by atomic mass is 10.2. The monoisotopic (exact) mass is 248 g/mol. The number of ether oxygens (including phenoxy) is 1. The Bertz CT molecular complexity index is 363. The molecular formula is C15H24N2O. The molecule has 3 nitrogen and oxygen atoms in total. The molecule has 1 aromatic rings. The van der Waals surface area contributed by atoms with E-state index >= 15 is 0 Å². The Morgan fingerprint density at radius 2 is 2.22 bits per heavy atom. The first-order chi connectivity index (χ1) is 8.78. The third kappa shape index (κ3) is 4.67. The minimum absolute atomic E-state index is 0.827. The van der Waals surface area contributed by atoms with Gasteiger partial charge in [0.1, 0.15) is 5.75 Å². The van der Waals surface area contributed by atoms with Crippen molar-refractivity contribution in [2.45, 2.75) is 31.8 Å². The lowest BCUT2D eigenvalue weighted by molar-refractivity contribution is 0.318. The van der Waals surface area contributed by atoms with E-state index in [4.69, 9.17) is 4.74 Å². The van der Waals surface area contributed by atoms with Crippen LogP contribution in [0.1, 0.15) is 24.8 Å². The van der Waals surface area contributed by atoms with Crippen LogP contribution in [0.3, 0.4) is 0 Å². The molecule has 2 rings (SSSR count). The number of benzene rings is 1. The van der Waals surface area contributed by atoms with Gasteiger partial charge in [0, 0.05) is 12.6 Å².